The lowest BCUT2D eigenvalue weighted by molar-refractivity contribution is 0.380. The summed E-state index contributed by atoms with van der Waals surface area (Å²) in [7, 11) is 0. The molecule has 1 aliphatic rings. The zero-order chi connectivity index (χ0) is 6.10. The highest BCUT2D eigenvalue weighted by Gasteiger charge is 2.12. The van der Waals surface area contributed by atoms with Crippen molar-refractivity contribution in [3.8, 4) is 5.88 Å². The van der Waals surface area contributed by atoms with E-state index >= 15 is 0 Å². The fourth-order valence-electron chi connectivity index (χ4n) is 0.662. The Morgan fingerprint density at radius 2 is 2.67 bits per heavy atom. The summed E-state index contributed by atoms with van der Waals surface area (Å²) in [5, 5.41) is 0. The highest BCUT2D eigenvalue weighted by atomic mass is 32.2. The molecule has 3 nitrogen and oxygen atoms in total. The van der Waals surface area contributed by atoms with Crippen LogP contribution in [0.15, 0.2) is 17.4 Å². The van der Waals surface area contributed by atoms with Crippen LogP contribution in [0, 0.1) is 0 Å². The van der Waals surface area contributed by atoms with Crippen molar-refractivity contribution < 1.29 is 4.74 Å². The van der Waals surface area contributed by atoms with Crippen LogP contribution in [0.4, 0.5) is 0 Å². The molecule has 0 atom stereocenters. The van der Waals surface area contributed by atoms with Crippen LogP contribution in [0.3, 0.4) is 0 Å². The largest absolute Gasteiger partial charge is 0.465 e. The molecule has 0 N–H and O–H groups in total. The van der Waals surface area contributed by atoms with Gasteiger partial charge in [0.2, 0.25) is 5.88 Å². The SMILES string of the molecule is c1ncc2c(n1)OCS2. The van der Waals surface area contributed by atoms with Crippen molar-refractivity contribution in [1.82, 2.24) is 9.97 Å². The summed E-state index contributed by atoms with van der Waals surface area (Å²) in [5.41, 5.74) is 0. The van der Waals surface area contributed by atoms with Gasteiger partial charge in [-0.1, -0.05) is 11.8 Å². The van der Waals surface area contributed by atoms with Crippen LogP contribution in [0.2, 0.25) is 0 Å². The molecule has 0 aromatic carbocycles. The Kier molecular flexibility index (Phi) is 1.05. The van der Waals surface area contributed by atoms with E-state index in [9.17, 15) is 0 Å². The number of aromatic nitrogens is 2. The first-order chi connectivity index (χ1) is 4.47. The van der Waals surface area contributed by atoms with Gasteiger partial charge in [-0.25, -0.2) is 9.97 Å². The molecule has 0 radical (unpaired) electrons. The normalized spacial score (nSPS) is 14.7. The van der Waals surface area contributed by atoms with E-state index in [0.29, 0.717) is 5.94 Å². The second-order valence-corrected chi connectivity index (χ2v) is 2.56. The summed E-state index contributed by atoms with van der Waals surface area (Å²) in [6.45, 7) is 0. The van der Waals surface area contributed by atoms with Crippen LogP contribution in [-0.2, 0) is 0 Å². The molecule has 46 valence electrons. The van der Waals surface area contributed by atoms with Gasteiger partial charge in [0, 0.05) is 6.20 Å². The number of ether oxygens (including phenoxy) is 1. The number of fused-ring (bicyclic) bond motifs is 1. The second-order valence-electron chi connectivity index (χ2n) is 1.60. The van der Waals surface area contributed by atoms with E-state index in [0.717, 1.165) is 10.8 Å². The van der Waals surface area contributed by atoms with Crippen LogP contribution < -0.4 is 4.74 Å². The van der Waals surface area contributed by atoms with E-state index in [4.69, 9.17) is 4.74 Å². The van der Waals surface area contributed by atoms with E-state index in [1.807, 2.05) is 0 Å². The van der Waals surface area contributed by atoms with Gasteiger partial charge >= 0.3 is 0 Å². The van der Waals surface area contributed by atoms with Crippen molar-refractivity contribution in [3.05, 3.63) is 12.5 Å². The molecule has 1 aromatic heterocycles. The third kappa shape index (κ3) is 0.751. The van der Waals surface area contributed by atoms with Gasteiger partial charge in [-0.3, -0.25) is 0 Å². The number of nitrogens with zero attached hydrogens (tertiary/aromatic N) is 2. The second kappa shape index (κ2) is 1.88. The van der Waals surface area contributed by atoms with Crippen molar-refractivity contribution in [2.75, 3.05) is 5.94 Å². The predicted octanol–water partition coefficient (Wildman–Crippen LogP) is 0.919. The van der Waals surface area contributed by atoms with Gasteiger partial charge in [-0.15, -0.1) is 0 Å². The molecular weight excluding hydrogens is 136 g/mol. The maximum atomic E-state index is 5.11. The highest BCUT2D eigenvalue weighted by Crippen LogP contribution is 2.32. The molecule has 1 aliphatic heterocycles. The van der Waals surface area contributed by atoms with Crippen LogP contribution in [-0.4, -0.2) is 15.9 Å². The molecule has 0 amide bonds. The summed E-state index contributed by atoms with van der Waals surface area (Å²) in [6.07, 6.45) is 3.25. The third-order valence-electron chi connectivity index (χ3n) is 1.05. The van der Waals surface area contributed by atoms with Crippen molar-refractivity contribution in [2.45, 2.75) is 4.90 Å². The standard InChI is InChI=1S/C5H4N2OS/c1-4-5(7-2-6-1)8-3-9-4/h1-2H,3H2. The van der Waals surface area contributed by atoms with Crippen molar-refractivity contribution in [3.63, 3.8) is 0 Å². The number of hydrogen-bond acceptors (Lipinski definition) is 4. The van der Waals surface area contributed by atoms with E-state index in [1.165, 1.54) is 6.33 Å². The van der Waals surface area contributed by atoms with Gasteiger partial charge in [0.1, 0.15) is 12.3 Å². The molecular formula is C5H4N2OS. The van der Waals surface area contributed by atoms with Gasteiger partial charge in [-0.2, -0.15) is 0 Å². The summed E-state index contributed by atoms with van der Waals surface area (Å²) in [6, 6.07) is 0. The Bertz CT molecular complexity index is 205. The predicted molar refractivity (Wildman–Crippen MR) is 33.4 cm³/mol. The highest BCUT2D eigenvalue weighted by molar-refractivity contribution is 7.99. The lowest BCUT2D eigenvalue weighted by Crippen LogP contribution is -1.85. The molecule has 0 saturated carbocycles. The summed E-state index contributed by atoms with van der Waals surface area (Å²) in [5.74, 6) is 1.39. The van der Waals surface area contributed by atoms with Crippen molar-refractivity contribution in [2.24, 2.45) is 0 Å². The molecule has 0 saturated heterocycles. The lowest BCUT2D eigenvalue weighted by atomic mass is 10.6. The summed E-state index contributed by atoms with van der Waals surface area (Å²) >= 11 is 1.62. The monoisotopic (exact) mass is 140 g/mol. The van der Waals surface area contributed by atoms with E-state index in [2.05, 4.69) is 9.97 Å². The smallest absolute Gasteiger partial charge is 0.231 e. The maximum absolute atomic E-state index is 5.11. The molecule has 4 heteroatoms. The molecule has 2 rings (SSSR count). The fourth-order valence-corrected chi connectivity index (χ4v) is 1.33. The molecule has 0 bridgehead atoms. The van der Waals surface area contributed by atoms with Gasteiger partial charge < -0.3 is 4.74 Å². The van der Waals surface area contributed by atoms with E-state index in [-0.39, 0.29) is 0 Å². The third-order valence-corrected chi connectivity index (χ3v) is 1.88. The van der Waals surface area contributed by atoms with Crippen molar-refractivity contribution >= 4 is 11.8 Å². The quantitative estimate of drug-likeness (QED) is 0.536. The summed E-state index contributed by atoms with van der Waals surface area (Å²) < 4.78 is 5.11. The Hall–Kier alpha value is -0.770. The minimum atomic E-state index is 0.675. The molecule has 2 heterocycles. The first-order valence-electron chi connectivity index (χ1n) is 2.52. The summed E-state index contributed by atoms with van der Waals surface area (Å²) in [4.78, 5) is 8.79. The minimum Gasteiger partial charge on any atom is -0.465 e. The fraction of sp³-hybridized carbons (Fsp3) is 0.200. The number of thioether (sulfide) groups is 1. The Morgan fingerprint density at radius 3 is 3.56 bits per heavy atom. The van der Waals surface area contributed by atoms with Gasteiger partial charge in [0.05, 0.1) is 4.90 Å². The number of hydrogen-bond donors (Lipinski definition) is 0. The average molecular weight is 140 g/mol. The van der Waals surface area contributed by atoms with Gasteiger partial charge in [0.25, 0.3) is 0 Å². The van der Waals surface area contributed by atoms with Crippen LogP contribution in [0.1, 0.15) is 0 Å². The first kappa shape index (κ1) is 5.05. The van der Waals surface area contributed by atoms with Crippen molar-refractivity contribution in [1.29, 1.82) is 0 Å². The average Bonchev–Trinajstić information content (AvgIpc) is 2.33. The van der Waals surface area contributed by atoms with Crippen LogP contribution >= 0.6 is 11.8 Å². The topological polar surface area (TPSA) is 35.0 Å². The Balaban J connectivity index is 2.54. The van der Waals surface area contributed by atoms with Gasteiger partial charge in [-0.05, 0) is 0 Å². The van der Waals surface area contributed by atoms with Crippen LogP contribution in [0.25, 0.3) is 0 Å². The van der Waals surface area contributed by atoms with E-state index in [1.54, 1.807) is 18.0 Å². The molecule has 0 unspecified atom stereocenters. The molecule has 9 heavy (non-hydrogen) atoms. The minimum absolute atomic E-state index is 0.675. The molecule has 1 aromatic rings. The molecule has 0 fully saturated rings. The Morgan fingerprint density at radius 1 is 1.67 bits per heavy atom. The maximum Gasteiger partial charge on any atom is 0.231 e. The zero-order valence-corrected chi connectivity index (χ0v) is 5.39. The molecule has 0 aliphatic carbocycles. The Labute approximate surface area is 56.5 Å². The lowest BCUT2D eigenvalue weighted by Gasteiger charge is -1.90. The first-order valence-corrected chi connectivity index (χ1v) is 3.51. The molecule has 0 spiro atoms. The van der Waals surface area contributed by atoms with Gasteiger partial charge in [0.15, 0.2) is 0 Å². The zero-order valence-electron chi connectivity index (χ0n) is 4.57. The number of rotatable bonds is 0. The van der Waals surface area contributed by atoms with Crippen LogP contribution in [0.5, 0.6) is 5.88 Å². The van der Waals surface area contributed by atoms with E-state index < -0.39 is 0 Å².